The van der Waals surface area contributed by atoms with Crippen LogP contribution in [0.4, 0.5) is 11.4 Å². The Balaban J connectivity index is 2.20. The number of rotatable bonds is 3. The van der Waals surface area contributed by atoms with Crippen molar-refractivity contribution in [3.8, 4) is 0 Å². The molecule has 1 aromatic heterocycles. The molecular weight excluding hydrogens is 317 g/mol. The van der Waals surface area contributed by atoms with E-state index in [1.54, 1.807) is 0 Å². The summed E-state index contributed by atoms with van der Waals surface area (Å²) < 4.78 is 0. The SMILES string of the molecule is Nc1c(Cl)cc(C(=O)Nc2ccc(C(=O)O)nc2)cc1Cl. The minimum atomic E-state index is -1.15. The molecule has 0 fully saturated rings. The fourth-order valence-electron chi connectivity index (χ4n) is 1.51. The van der Waals surface area contributed by atoms with Crippen LogP contribution in [-0.2, 0) is 0 Å². The van der Waals surface area contributed by atoms with Crippen LogP contribution in [0.5, 0.6) is 0 Å². The quantitative estimate of drug-likeness (QED) is 0.752. The third-order valence-corrected chi connectivity index (χ3v) is 3.21. The van der Waals surface area contributed by atoms with Crippen molar-refractivity contribution in [3.05, 3.63) is 51.8 Å². The number of nitrogens with zero attached hydrogens (tertiary/aromatic N) is 1. The second kappa shape index (κ2) is 5.99. The molecule has 0 saturated heterocycles. The van der Waals surface area contributed by atoms with Crippen LogP contribution in [-0.4, -0.2) is 22.0 Å². The topological polar surface area (TPSA) is 105 Å². The monoisotopic (exact) mass is 325 g/mol. The van der Waals surface area contributed by atoms with E-state index in [0.717, 1.165) is 0 Å². The predicted octanol–water partition coefficient (Wildman–Crippen LogP) is 2.92. The number of aromatic nitrogens is 1. The number of amides is 1. The first-order valence-electron chi connectivity index (χ1n) is 5.63. The average Bonchev–Trinajstić information content (AvgIpc) is 2.44. The largest absolute Gasteiger partial charge is 0.477 e. The maximum atomic E-state index is 12.0. The Hall–Kier alpha value is -2.31. The lowest BCUT2D eigenvalue weighted by Crippen LogP contribution is -2.13. The number of halogens is 2. The molecule has 0 bridgehead atoms. The maximum Gasteiger partial charge on any atom is 0.354 e. The number of nitrogens with one attached hydrogen (secondary N) is 1. The van der Waals surface area contributed by atoms with Crippen molar-refractivity contribution < 1.29 is 14.7 Å². The molecule has 0 atom stereocenters. The van der Waals surface area contributed by atoms with E-state index in [-0.39, 0.29) is 27.0 Å². The summed E-state index contributed by atoms with van der Waals surface area (Å²) in [6.07, 6.45) is 1.24. The van der Waals surface area contributed by atoms with E-state index in [4.69, 9.17) is 34.0 Å². The zero-order valence-corrected chi connectivity index (χ0v) is 11.9. The van der Waals surface area contributed by atoms with E-state index in [1.807, 2.05) is 0 Å². The first kappa shape index (κ1) is 15.1. The van der Waals surface area contributed by atoms with Crippen LogP contribution in [0.15, 0.2) is 30.5 Å². The van der Waals surface area contributed by atoms with Crippen LogP contribution in [0.25, 0.3) is 0 Å². The molecule has 2 aromatic rings. The highest BCUT2D eigenvalue weighted by Gasteiger charge is 2.12. The van der Waals surface area contributed by atoms with E-state index in [0.29, 0.717) is 5.69 Å². The summed E-state index contributed by atoms with van der Waals surface area (Å²) in [5, 5.41) is 11.6. The summed E-state index contributed by atoms with van der Waals surface area (Å²) in [6.45, 7) is 0. The van der Waals surface area contributed by atoms with Crippen molar-refractivity contribution >= 4 is 46.5 Å². The van der Waals surface area contributed by atoms with Crippen LogP contribution in [0.2, 0.25) is 10.0 Å². The molecule has 1 heterocycles. The van der Waals surface area contributed by atoms with Gasteiger partial charge in [0.15, 0.2) is 0 Å². The average molecular weight is 326 g/mol. The van der Waals surface area contributed by atoms with Crippen LogP contribution in [0.1, 0.15) is 20.8 Å². The number of carboxylic acid groups (broad SMARTS) is 1. The number of carbonyl (C=O) groups excluding carboxylic acids is 1. The van der Waals surface area contributed by atoms with Gasteiger partial charge >= 0.3 is 5.97 Å². The molecule has 108 valence electrons. The molecule has 6 nitrogen and oxygen atoms in total. The fraction of sp³-hybridized carbons (Fsp3) is 0. The molecule has 0 radical (unpaired) electrons. The molecule has 0 saturated carbocycles. The molecule has 2 rings (SSSR count). The summed E-state index contributed by atoms with van der Waals surface area (Å²) in [5.41, 5.74) is 6.23. The number of pyridine rings is 1. The van der Waals surface area contributed by atoms with Gasteiger partial charge < -0.3 is 16.2 Å². The van der Waals surface area contributed by atoms with Crippen LogP contribution in [0, 0.1) is 0 Å². The highest BCUT2D eigenvalue weighted by molar-refractivity contribution is 6.39. The third-order valence-electron chi connectivity index (χ3n) is 2.58. The van der Waals surface area contributed by atoms with Crippen molar-refractivity contribution in [3.63, 3.8) is 0 Å². The summed E-state index contributed by atoms with van der Waals surface area (Å²) in [7, 11) is 0. The van der Waals surface area contributed by atoms with Gasteiger partial charge in [-0.05, 0) is 24.3 Å². The Morgan fingerprint density at radius 3 is 2.29 bits per heavy atom. The van der Waals surface area contributed by atoms with Gasteiger partial charge in [-0.3, -0.25) is 4.79 Å². The van der Waals surface area contributed by atoms with Crippen LogP contribution < -0.4 is 11.1 Å². The number of benzene rings is 1. The normalized spacial score (nSPS) is 10.2. The van der Waals surface area contributed by atoms with Crippen molar-refractivity contribution in [2.24, 2.45) is 0 Å². The molecule has 21 heavy (non-hydrogen) atoms. The van der Waals surface area contributed by atoms with Crippen molar-refractivity contribution in [2.75, 3.05) is 11.1 Å². The molecule has 0 aliphatic rings. The Morgan fingerprint density at radius 1 is 1.19 bits per heavy atom. The van der Waals surface area contributed by atoms with Crippen LogP contribution in [0.3, 0.4) is 0 Å². The number of hydrogen-bond donors (Lipinski definition) is 3. The van der Waals surface area contributed by atoms with E-state index < -0.39 is 11.9 Å². The van der Waals surface area contributed by atoms with Gasteiger partial charge in [-0.1, -0.05) is 23.2 Å². The lowest BCUT2D eigenvalue weighted by Gasteiger charge is -2.08. The van der Waals surface area contributed by atoms with Crippen molar-refractivity contribution in [1.82, 2.24) is 4.98 Å². The second-order valence-electron chi connectivity index (χ2n) is 4.04. The summed E-state index contributed by atoms with van der Waals surface area (Å²) in [4.78, 5) is 26.4. The number of anilines is 2. The summed E-state index contributed by atoms with van der Waals surface area (Å²) in [6, 6.07) is 5.48. The standard InChI is InChI=1S/C13H9Cl2N3O3/c14-8-3-6(4-9(15)11(8)16)12(19)18-7-1-2-10(13(20)21)17-5-7/h1-5H,16H2,(H,18,19)(H,20,21). The highest BCUT2D eigenvalue weighted by atomic mass is 35.5. The molecule has 8 heteroatoms. The Kier molecular flexibility index (Phi) is 4.30. The molecule has 0 aliphatic heterocycles. The molecule has 0 spiro atoms. The van der Waals surface area contributed by atoms with E-state index in [9.17, 15) is 9.59 Å². The van der Waals surface area contributed by atoms with Gasteiger partial charge in [0.25, 0.3) is 5.91 Å². The van der Waals surface area contributed by atoms with Crippen molar-refractivity contribution in [2.45, 2.75) is 0 Å². The van der Waals surface area contributed by atoms with E-state index in [1.165, 1.54) is 30.5 Å². The number of nitrogen functional groups attached to an aromatic ring is 1. The minimum absolute atomic E-state index is 0.119. The zero-order valence-electron chi connectivity index (χ0n) is 10.4. The molecule has 4 N–H and O–H groups in total. The van der Waals surface area contributed by atoms with E-state index >= 15 is 0 Å². The highest BCUT2D eigenvalue weighted by Crippen LogP contribution is 2.29. The number of carbonyl (C=O) groups is 2. The number of nitrogens with two attached hydrogens (primary N) is 1. The Bertz CT molecular complexity index is 694. The first-order valence-corrected chi connectivity index (χ1v) is 6.39. The molecular formula is C13H9Cl2N3O3. The Morgan fingerprint density at radius 2 is 1.81 bits per heavy atom. The first-order chi connectivity index (χ1) is 9.88. The zero-order chi connectivity index (χ0) is 15.6. The van der Waals surface area contributed by atoms with Gasteiger partial charge in [-0.25, -0.2) is 9.78 Å². The number of hydrogen-bond acceptors (Lipinski definition) is 4. The molecule has 1 aromatic carbocycles. The van der Waals surface area contributed by atoms with E-state index in [2.05, 4.69) is 10.3 Å². The van der Waals surface area contributed by atoms with Gasteiger partial charge in [0.05, 0.1) is 27.6 Å². The summed E-state index contributed by atoms with van der Waals surface area (Å²) in [5.74, 6) is -1.62. The van der Waals surface area contributed by atoms with Gasteiger partial charge in [0.2, 0.25) is 0 Å². The number of aromatic carboxylic acids is 1. The smallest absolute Gasteiger partial charge is 0.354 e. The third kappa shape index (κ3) is 3.42. The maximum absolute atomic E-state index is 12.0. The lowest BCUT2D eigenvalue weighted by molar-refractivity contribution is 0.0690. The second-order valence-corrected chi connectivity index (χ2v) is 4.86. The molecule has 1 amide bonds. The Labute approximate surface area is 129 Å². The number of carboxylic acids is 1. The van der Waals surface area contributed by atoms with Crippen LogP contribution >= 0.6 is 23.2 Å². The minimum Gasteiger partial charge on any atom is -0.477 e. The van der Waals surface area contributed by atoms with Crippen molar-refractivity contribution in [1.29, 1.82) is 0 Å². The van der Waals surface area contributed by atoms with Gasteiger partial charge in [0.1, 0.15) is 5.69 Å². The summed E-state index contributed by atoms with van der Waals surface area (Å²) >= 11 is 11.7. The van der Waals surface area contributed by atoms with Gasteiger partial charge in [-0.15, -0.1) is 0 Å². The van der Waals surface area contributed by atoms with Gasteiger partial charge in [0, 0.05) is 5.56 Å². The fourth-order valence-corrected chi connectivity index (χ4v) is 2.00. The predicted molar refractivity (Wildman–Crippen MR) is 80.0 cm³/mol. The van der Waals surface area contributed by atoms with Gasteiger partial charge in [-0.2, -0.15) is 0 Å². The molecule has 0 unspecified atom stereocenters. The lowest BCUT2D eigenvalue weighted by atomic mass is 10.2. The molecule has 0 aliphatic carbocycles.